The molecule has 1 amide bonds. The number of benzene rings is 2. The summed E-state index contributed by atoms with van der Waals surface area (Å²) in [6.45, 7) is 3.06. The first-order valence-electron chi connectivity index (χ1n) is 8.14. The zero-order valence-corrected chi connectivity index (χ0v) is 15.8. The van der Waals surface area contributed by atoms with Crippen LogP contribution in [0, 0.1) is 6.92 Å². The van der Waals surface area contributed by atoms with Crippen LogP contribution in [0.1, 0.15) is 15.9 Å². The van der Waals surface area contributed by atoms with Crippen molar-refractivity contribution < 1.29 is 17.9 Å². The highest BCUT2D eigenvalue weighted by Gasteiger charge is 2.30. The van der Waals surface area contributed by atoms with Gasteiger partial charge in [-0.25, -0.2) is 8.42 Å². The van der Waals surface area contributed by atoms with E-state index in [1.165, 1.54) is 16.4 Å². The van der Waals surface area contributed by atoms with Gasteiger partial charge in [-0.05, 0) is 36.8 Å². The van der Waals surface area contributed by atoms with E-state index in [0.717, 1.165) is 5.56 Å². The van der Waals surface area contributed by atoms with Crippen molar-refractivity contribution in [2.75, 3.05) is 31.6 Å². The van der Waals surface area contributed by atoms with E-state index in [4.69, 9.17) is 16.3 Å². The molecule has 3 rings (SSSR count). The number of halogens is 1. The minimum absolute atomic E-state index is 0.0147. The molecule has 1 aliphatic rings. The van der Waals surface area contributed by atoms with Gasteiger partial charge in [0.25, 0.3) is 5.91 Å². The number of carbonyl (C=O) groups is 1. The number of aryl methyl sites for hydroxylation is 1. The molecule has 1 aliphatic heterocycles. The molecule has 8 heteroatoms. The van der Waals surface area contributed by atoms with Gasteiger partial charge in [-0.1, -0.05) is 29.8 Å². The second-order valence-electron chi connectivity index (χ2n) is 5.93. The number of nitrogens with zero attached hydrogens (tertiary/aromatic N) is 1. The predicted molar refractivity (Wildman–Crippen MR) is 100 cm³/mol. The Hall–Kier alpha value is -1.93. The van der Waals surface area contributed by atoms with Crippen molar-refractivity contribution in [2.45, 2.75) is 11.8 Å². The molecule has 0 unspecified atom stereocenters. The summed E-state index contributed by atoms with van der Waals surface area (Å²) >= 11 is 5.99. The van der Waals surface area contributed by atoms with E-state index < -0.39 is 15.9 Å². The molecule has 138 valence electrons. The standard InChI is InChI=1S/C18H19ClN2O4S/c1-13-6-7-14(19)12-16(13)20-18(22)15-4-2-3-5-17(15)26(23,24)21-8-10-25-11-9-21/h2-7,12H,8-11H2,1H3,(H,20,22). The van der Waals surface area contributed by atoms with Crippen molar-refractivity contribution in [3.05, 3.63) is 58.6 Å². The quantitative estimate of drug-likeness (QED) is 0.865. The van der Waals surface area contributed by atoms with Gasteiger partial charge in [-0.3, -0.25) is 4.79 Å². The molecular weight excluding hydrogens is 376 g/mol. The summed E-state index contributed by atoms with van der Waals surface area (Å²) < 4.78 is 32.5. The number of anilines is 1. The molecule has 0 saturated carbocycles. The summed E-state index contributed by atoms with van der Waals surface area (Å²) in [6, 6.07) is 11.3. The Morgan fingerprint density at radius 3 is 2.58 bits per heavy atom. The Kier molecular flexibility index (Phi) is 5.62. The molecule has 1 N–H and O–H groups in total. The fraction of sp³-hybridized carbons (Fsp3) is 0.278. The topological polar surface area (TPSA) is 75.7 Å². The van der Waals surface area contributed by atoms with E-state index in [1.54, 1.807) is 30.3 Å². The summed E-state index contributed by atoms with van der Waals surface area (Å²) in [5.41, 5.74) is 1.47. The lowest BCUT2D eigenvalue weighted by molar-refractivity contribution is 0.0730. The monoisotopic (exact) mass is 394 g/mol. The van der Waals surface area contributed by atoms with Gasteiger partial charge < -0.3 is 10.1 Å². The van der Waals surface area contributed by atoms with Crippen molar-refractivity contribution >= 4 is 33.2 Å². The van der Waals surface area contributed by atoms with E-state index in [0.29, 0.717) is 23.9 Å². The normalized spacial score (nSPS) is 15.6. The van der Waals surface area contributed by atoms with Crippen LogP contribution in [-0.2, 0) is 14.8 Å². The first-order chi connectivity index (χ1) is 12.4. The fourth-order valence-electron chi connectivity index (χ4n) is 2.72. The first-order valence-corrected chi connectivity index (χ1v) is 9.96. The maximum Gasteiger partial charge on any atom is 0.257 e. The van der Waals surface area contributed by atoms with Gasteiger partial charge in [0.15, 0.2) is 0 Å². The lowest BCUT2D eigenvalue weighted by Gasteiger charge is -2.26. The SMILES string of the molecule is Cc1ccc(Cl)cc1NC(=O)c1ccccc1S(=O)(=O)N1CCOCC1. The van der Waals surface area contributed by atoms with E-state index in [-0.39, 0.29) is 23.5 Å². The van der Waals surface area contributed by atoms with E-state index in [1.807, 2.05) is 6.92 Å². The van der Waals surface area contributed by atoms with Crippen LogP contribution < -0.4 is 5.32 Å². The van der Waals surface area contributed by atoms with Crippen LogP contribution in [0.5, 0.6) is 0 Å². The Labute approximate surface area is 157 Å². The second kappa shape index (κ2) is 7.75. The molecule has 0 aliphatic carbocycles. The maximum atomic E-state index is 13.0. The number of hydrogen-bond donors (Lipinski definition) is 1. The number of carbonyl (C=O) groups excluding carboxylic acids is 1. The number of morpholine rings is 1. The van der Waals surface area contributed by atoms with Crippen LogP contribution in [0.2, 0.25) is 5.02 Å². The molecule has 2 aromatic rings. The van der Waals surface area contributed by atoms with Gasteiger partial charge in [0.05, 0.1) is 23.7 Å². The zero-order chi connectivity index (χ0) is 18.7. The number of ether oxygens (including phenoxy) is 1. The predicted octanol–water partition coefficient (Wildman–Crippen LogP) is 2.92. The lowest BCUT2D eigenvalue weighted by atomic mass is 10.1. The van der Waals surface area contributed by atoms with Crippen LogP contribution >= 0.6 is 11.6 Å². The van der Waals surface area contributed by atoms with Crippen LogP contribution in [0.25, 0.3) is 0 Å². The number of amides is 1. The third-order valence-corrected chi connectivity index (χ3v) is 6.36. The van der Waals surface area contributed by atoms with Gasteiger partial charge >= 0.3 is 0 Å². The highest BCUT2D eigenvalue weighted by molar-refractivity contribution is 7.89. The molecule has 0 bridgehead atoms. The average Bonchev–Trinajstić information content (AvgIpc) is 2.65. The summed E-state index contributed by atoms with van der Waals surface area (Å²) in [5.74, 6) is -0.497. The molecule has 0 atom stereocenters. The summed E-state index contributed by atoms with van der Waals surface area (Å²) in [6.07, 6.45) is 0. The van der Waals surface area contributed by atoms with Gasteiger partial charge in [-0.2, -0.15) is 4.31 Å². The number of rotatable bonds is 4. The minimum Gasteiger partial charge on any atom is -0.379 e. The van der Waals surface area contributed by atoms with E-state index >= 15 is 0 Å². The average molecular weight is 395 g/mol. The molecular formula is C18H19ClN2O4S. The van der Waals surface area contributed by atoms with Gasteiger partial charge in [0.2, 0.25) is 10.0 Å². The summed E-state index contributed by atoms with van der Waals surface area (Å²) in [7, 11) is -3.78. The third kappa shape index (κ3) is 3.91. The Bertz CT molecular complexity index is 925. The van der Waals surface area contributed by atoms with Crippen LogP contribution in [0.4, 0.5) is 5.69 Å². The Morgan fingerprint density at radius 1 is 1.15 bits per heavy atom. The number of hydrogen-bond acceptors (Lipinski definition) is 4. The molecule has 1 saturated heterocycles. The largest absolute Gasteiger partial charge is 0.379 e. The fourth-order valence-corrected chi connectivity index (χ4v) is 4.49. The van der Waals surface area contributed by atoms with E-state index in [2.05, 4.69) is 5.32 Å². The van der Waals surface area contributed by atoms with Crippen molar-refractivity contribution in [1.82, 2.24) is 4.31 Å². The molecule has 0 radical (unpaired) electrons. The van der Waals surface area contributed by atoms with Crippen LogP contribution in [0.15, 0.2) is 47.4 Å². The molecule has 2 aromatic carbocycles. The highest BCUT2D eigenvalue weighted by atomic mass is 35.5. The van der Waals surface area contributed by atoms with Gasteiger partial charge in [-0.15, -0.1) is 0 Å². The van der Waals surface area contributed by atoms with Crippen molar-refractivity contribution in [2.24, 2.45) is 0 Å². The first kappa shape index (κ1) is 18.8. The summed E-state index contributed by atoms with van der Waals surface area (Å²) in [5, 5.41) is 3.24. The smallest absolute Gasteiger partial charge is 0.257 e. The molecule has 1 fully saturated rings. The Morgan fingerprint density at radius 2 is 1.85 bits per heavy atom. The molecule has 0 spiro atoms. The van der Waals surface area contributed by atoms with Crippen LogP contribution in [-0.4, -0.2) is 44.9 Å². The molecule has 6 nitrogen and oxygen atoms in total. The van der Waals surface area contributed by atoms with Crippen LogP contribution in [0.3, 0.4) is 0 Å². The lowest BCUT2D eigenvalue weighted by Crippen LogP contribution is -2.41. The molecule has 0 aromatic heterocycles. The van der Waals surface area contributed by atoms with E-state index in [9.17, 15) is 13.2 Å². The third-order valence-electron chi connectivity index (χ3n) is 4.17. The highest BCUT2D eigenvalue weighted by Crippen LogP contribution is 2.24. The maximum absolute atomic E-state index is 13.0. The van der Waals surface area contributed by atoms with Gasteiger partial charge in [0, 0.05) is 23.8 Å². The van der Waals surface area contributed by atoms with Crippen molar-refractivity contribution in [3.8, 4) is 0 Å². The zero-order valence-electron chi connectivity index (χ0n) is 14.2. The second-order valence-corrected chi connectivity index (χ2v) is 8.27. The molecule has 26 heavy (non-hydrogen) atoms. The summed E-state index contributed by atoms with van der Waals surface area (Å²) in [4.78, 5) is 12.8. The number of sulfonamides is 1. The molecule has 1 heterocycles. The minimum atomic E-state index is -3.78. The van der Waals surface area contributed by atoms with Gasteiger partial charge in [0.1, 0.15) is 0 Å². The Balaban J connectivity index is 1.94. The van der Waals surface area contributed by atoms with Crippen molar-refractivity contribution in [1.29, 1.82) is 0 Å². The van der Waals surface area contributed by atoms with Crippen molar-refractivity contribution in [3.63, 3.8) is 0 Å². The number of nitrogens with one attached hydrogen (secondary N) is 1.